The lowest BCUT2D eigenvalue weighted by Gasteiger charge is -2.34. The van der Waals surface area contributed by atoms with E-state index in [4.69, 9.17) is 11.6 Å². The second-order valence-electron chi connectivity index (χ2n) is 5.10. The third-order valence-electron chi connectivity index (χ3n) is 3.62. The largest absolute Gasteiger partial charge is 0.337 e. The zero-order valence-electron chi connectivity index (χ0n) is 12.0. The smallest absolute Gasteiger partial charge is 0.255 e. The highest BCUT2D eigenvalue weighted by atomic mass is 79.9. The zero-order valence-corrected chi connectivity index (χ0v) is 14.4. The van der Waals surface area contributed by atoms with E-state index in [9.17, 15) is 9.18 Å². The van der Waals surface area contributed by atoms with Crippen molar-refractivity contribution in [2.75, 3.05) is 31.1 Å². The molecule has 0 N–H and O–H groups in total. The number of carbonyl (C=O) groups is 1. The van der Waals surface area contributed by atoms with E-state index in [0.29, 0.717) is 37.7 Å². The molecule has 5 nitrogen and oxygen atoms in total. The minimum Gasteiger partial charge on any atom is -0.337 e. The molecule has 0 atom stereocenters. The molecule has 3 rings (SSSR count). The summed E-state index contributed by atoms with van der Waals surface area (Å²) in [4.78, 5) is 24.7. The van der Waals surface area contributed by atoms with Crippen molar-refractivity contribution >= 4 is 39.4 Å². The van der Waals surface area contributed by atoms with Crippen LogP contribution in [0, 0.1) is 5.82 Å². The number of rotatable bonds is 2. The third kappa shape index (κ3) is 3.61. The van der Waals surface area contributed by atoms with E-state index in [1.165, 1.54) is 12.1 Å². The maximum Gasteiger partial charge on any atom is 0.255 e. The molecular weight excluding hydrogens is 387 g/mol. The molecule has 0 radical (unpaired) electrons. The number of amides is 1. The summed E-state index contributed by atoms with van der Waals surface area (Å²) in [5, 5.41) is 0.133. The van der Waals surface area contributed by atoms with Gasteiger partial charge in [0.15, 0.2) is 0 Å². The number of piperazine rings is 1. The molecule has 0 spiro atoms. The van der Waals surface area contributed by atoms with E-state index in [1.54, 1.807) is 17.3 Å². The van der Waals surface area contributed by atoms with Crippen molar-refractivity contribution < 1.29 is 9.18 Å². The molecule has 1 aliphatic rings. The molecule has 1 amide bonds. The summed E-state index contributed by atoms with van der Waals surface area (Å²) < 4.78 is 13.9. The quantitative estimate of drug-likeness (QED) is 0.779. The van der Waals surface area contributed by atoms with E-state index >= 15 is 0 Å². The summed E-state index contributed by atoms with van der Waals surface area (Å²) in [6.45, 7) is 2.33. The topological polar surface area (TPSA) is 49.3 Å². The Morgan fingerprint density at radius 1 is 1.17 bits per heavy atom. The van der Waals surface area contributed by atoms with Crippen molar-refractivity contribution in [1.82, 2.24) is 14.9 Å². The first-order chi connectivity index (χ1) is 11.0. The normalized spacial score (nSPS) is 14.9. The Balaban J connectivity index is 1.66. The number of carbonyl (C=O) groups excluding carboxylic acids is 1. The molecule has 0 aliphatic carbocycles. The van der Waals surface area contributed by atoms with E-state index in [2.05, 4.69) is 25.9 Å². The molecule has 0 saturated carbocycles. The van der Waals surface area contributed by atoms with Crippen molar-refractivity contribution in [1.29, 1.82) is 0 Å². The van der Waals surface area contributed by atoms with Gasteiger partial charge >= 0.3 is 0 Å². The number of halogens is 3. The van der Waals surface area contributed by atoms with Crippen LogP contribution < -0.4 is 4.90 Å². The fourth-order valence-electron chi connectivity index (χ4n) is 2.41. The monoisotopic (exact) mass is 398 g/mol. The number of anilines is 1. The molecule has 0 bridgehead atoms. The van der Waals surface area contributed by atoms with Crippen LogP contribution in [0.2, 0.25) is 5.02 Å². The average Bonchev–Trinajstić information content (AvgIpc) is 2.55. The first kappa shape index (κ1) is 16.1. The Hall–Kier alpha value is -1.73. The Morgan fingerprint density at radius 2 is 1.83 bits per heavy atom. The summed E-state index contributed by atoms with van der Waals surface area (Å²) in [5.41, 5.74) is 0.321. The Morgan fingerprint density at radius 3 is 2.43 bits per heavy atom. The van der Waals surface area contributed by atoms with Gasteiger partial charge in [0.25, 0.3) is 5.91 Å². The Bertz CT molecular complexity index is 720. The van der Waals surface area contributed by atoms with E-state index in [0.717, 1.165) is 10.5 Å². The van der Waals surface area contributed by atoms with Gasteiger partial charge in [0.05, 0.1) is 15.1 Å². The van der Waals surface area contributed by atoms with E-state index in [1.807, 2.05) is 4.90 Å². The molecule has 120 valence electrons. The molecule has 1 aromatic heterocycles. The lowest BCUT2D eigenvalue weighted by atomic mass is 10.1. The maximum absolute atomic E-state index is 13.1. The van der Waals surface area contributed by atoms with Crippen LogP contribution in [0.25, 0.3) is 0 Å². The second kappa shape index (κ2) is 6.80. The van der Waals surface area contributed by atoms with Gasteiger partial charge in [0.1, 0.15) is 5.82 Å². The predicted molar refractivity (Wildman–Crippen MR) is 89.3 cm³/mol. The van der Waals surface area contributed by atoms with Crippen LogP contribution in [-0.4, -0.2) is 47.0 Å². The lowest BCUT2D eigenvalue weighted by molar-refractivity contribution is 0.0746. The molecule has 1 aromatic carbocycles. The SMILES string of the molecule is O=C(c1ccc(F)cc1Cl)N1CCN(c2ncc(Br)cn2)CC1. The highest BCUT2D eigenvalue weighted by molar-refractivity contribution is 9.10. The molecular formula is C15H13BrClFN4O. The second-order valence-corrected chi connectivity index (χ2v) is 6.43. The highest BCUT2D eigenvalue weighted by Crippen LogP contribution is 2.20. The van der Waals surface area contributed by atoms with Gasteiger partial charge in [-0.05, 0) is 34.1 Å². The summed E-state index contributed by atoms with van der Waals surface area (Å²) in [7, 11) is 0. The van der Waals surface area contributed by atoms with Crippen LogP contribution in [0.5, 0.6) is 0 Å². The van der Waals surface area contributed by atoms with Crippen molar-refractivity contribution in [3.8, 4) is 0 Å². The van der Waals surface area contributed by atoms with Crippen LogP contribution in [0.15, 0.2) is 35.1 Å². The Labute approximate surface area is 146 Å². The number of nitrogens with zero attached hydrogens (tertiary/aromatic N) is 4. The highest BCUT2D eigenvalue weighted by Gasteiger charge is 2.24. The van der Waals surface area contributed by atoms with Crippen molar-refractivity contribution in [3.63, 3.8) is 0 Å². The molecule has 23 heavy (non-hydrogen) atoms. The minimum absolute atomic E-state index is 0.133. The van der Waals surface area contributed by atoms with Crippen LogP contribution in [-0.2, 0) is 0 Å². The molecule has 1 saturated heterocycles. The summed E-state index contributed by atoms with van der Waals surface area (Å²) >= 11 is 9.26. The van der Waals surface area contributed by atoms with Crippen molar-refractivity contribution in [2.45, 2.75) is 0 Å². The van der Waals surface area contributed by atoms with E-state index in [-0.39, 0.29) is 10.9 Å². The van der Waals surface area contributed by atoms with Gasteiger partial charge in [-0.3, -0.25) is 4.79 Å². The number of benzene rings is 1. The first-order valence-electron chi connectivity index (χ1n) is 7.01. The number of hydrogen-bond acceptors (Lipinski definition) is 4. The fraction of sp³-hybridized carbons (Fsp3) is 0.267. The average molecular weight is 400 g/mol. The summed E-state index contributed by atoms with van der Waals surface area (Å²) in [5.74, 6) is -0.00440. The Kier molecular flexibility index (Phi) is 4.77. The molecule has 8 heteroatoms. The molecule has 2 aromatic rings. The first-order valence-corrected chi connectivity index (χ1v) is 8.18. The van der Waals surface area contributed by atoms with Crippen LogP contribution in [0.3, 0.4) is 0 Å². The van der Waals surface area contributed by atoms with Gasteiger partial charge < -0.3 is 9.80 Å². The van der Waals surface area contributed by atoms with E-state index < -0.39 is 5.82 Å². The van der Waals surface area contributed by atoms with Gasteiger partial charge in [-0.2, -0.15) is 0 Å². The molecule has 1 aliphatic heterocycles. The molecule has 0 unspecified atom stereocenters. The standard InChI is InChI=1S/C15H13BrClFN4O/c16-10-8-19-15(20-9-10)22-5-3-21(4-6-22)14(23)12-2-1-11(18)7-13(12)17/h1-2,7-9H,3-6H2. The van der Waals surface area contributed by atoms with Gasteiger partial charge in [-0.15, -0.1) is 0 Å². The zero-order chi connectivity index (χ0) is 16.4. The molecule has 1 fully saturated rings. The number of aromatic nitrogens is 2. The summed E-state index contributed by atoms with van der Waals surface area (Å²) in [6, 6.07) is 3.82. The maximum atomic E-state index is 13.1. The lowest BCUT2D eigenvalue weighted by Crippen LogP contribution is -2.49. The number of hydrogen-bond donors (Lipinski definition) is 0. The molecule has 2 heterocycles. The van der Waals surface area contributed by atoms with Crippen LogP contribution in [0.1, 0.15) is 10.4 Å². The van der Waals surface area contributed by atoms with Gasteiger partial charge in [0, 0.05) is 38.6 Å². The fourth-order valence-corrected chi connectivity index (χ4v) is 2.86. The van der Waals surface area contributed by atoms with Gasteiger partial charge in [-0.1, -0.05) is 11.6 Å². The van der Waals surface area contributed by atoms with Gasteiger partial charge in [0.2, 0.25) is 5.95 Å². The summed E-state index contributed by atoms with van der Waals surface area (Å²) in [6.07, 6.45) is 3.39. The van der Waals surface area contributed by atoms with Crippen molar-refractivity contribution in [3.05, 3.63) is 51.5 Å². The minimum atomic E-state index is -0.455. The van der Waals surface area contributed by atoms with Crippen molar-refractivity contribution in [2.24, 2.45) is 0 Å². The van der Waals surface area contributed by atoms with Crippen LogP contribution in [0.4, 0.5) is 10.3 Å². The predicted octanol–water partition coefficient (Wildman–Crippen LogP) is 2.99. The van der Waals surface area contributed by atoms with Crippen LogP contribution >= 0.6 is 27.5 Å². The van der Waals surface area contributed by atoms with Gasteiger partial charge in [-0.25, -0.2) is 14.4 Å². The third-order valence-corrected chi connectivity index (χ3v) is 4.34.